The second kappa shape index (κ2) is 8.14. The molecule has 0 saturated carbocycles. The van der Waals surface area contributed by atoms with E-state index in [1.165, 1.54) is 41.3 Å². The second-order valence-electron chi connectivity index (χ2n) is 7.45. The molecule has 0 aliphatic carbocycles. The summed E-state index contributed by atoms with van der Waals surface area (Å²) in [5.74, 6) is -1.80. The van der Waals surface area contributed by atoms with E-state index < -0.39 is 23.1 Å². The number of hydrogen-bond acceptors (Lipinski definition) is 2. The van der Waals surface area contributed by atoms with E-state index in [-0.39, 0.29) is 23.7 Å². The molecular formula is C25H20F2N2O2. The number of rotatable bonds is 5. The molecular weight excluding hydrogens is 398 g/mol. The Morgan fingerprint density at radius 3 is 2.29 bits per heavy atom. The summed E-state index contributed by atoms with van der Waals surface area (Å²) < 4.78 is 27.5. The molecule has 0 aromatic heterocycles. The quantitative estimate of drug-likeness (QED) is 0.581. The van der Waals surface area contributed by atoms with Crippen molar-refractivity contribution in [2.45, 2.75) is 18.9 Å². The molecule has 2 amide bonds. The van der Waals surface area contributed by atoms with Gasteiger partial charge in [-0.2, -0.15) is 0 Å². The number of carbonyl (C=O) groups is 2. The maximum atomic E-state index is 13.9. The molecule has 1 heterocycles. The third-order valence-corrected chi connectivity index (χ3v) is 5.40. The van der Waals surface area contributed by atoms with Gasteiger partial charge in [-0.15, -0.1) is 0 Å². The normalized spacial score (nSPS) is 18.5. The maximum Gasteiger partial charge on any atom is 0.255 e. The Hall–Kier alpha value is -3.80. The summed E-state index contributed by atoms with van der Waals surface area (Å²) >= 11 is 0. The Kier molecular flexibility index (Phi) is 5.38. The second-order valence-corrected chi connectivity index (χ2v) is 7.45. The maximum absolute atomic E-state index is 13.9. The van der Waals surface area contributed by atoms with E-state index in [0.717, 1.165) is 5.56 Å². The molecule has 4 nitrogen and oxygen atoms in total. The molecule has 1 aliphatic rings. The molecule has 1 fully saturated rings. The van der Waals surface area contributed by atoms with Gasteiger partial charge >= 0.3 is 0 Å². The monoisotopic (exact) mass is 418 g/mol. The summed E-state index contributed by atoms with van der Waals surface area (Å²) in [6, 6.07) is 20.5. The lowest BCUT2D eigenvalue weighted by Gasteiger charge is -2.51. The van der Waals surface area contributed by atoms with Gasteiger partial charge in [0.15, 0.2) is 5.54 Å². The van der Waals surface area contributed by atoms with Crippen molar-refractivity contribution >= 4 is 29.3 Å². The summed E-state index contributed by atoms with van der Waals surface area (Å²) in [5.41, 5.74) is 0.655. The number of anilines is 2. The summed E-state index contributed by atoms with van der Waals surface area (Å²) in [6.45, 7) is 1.76. The summed E-state index contributed by atoms with van der Waals surface area (Å²) in [5, 5.41) is 2.72. The molecule has 0 bridgehead atoms. The van der Waals surface area contributed by atoms with Crippen molar-refractivity contribution < 1.29 is 18.4 Å². The zero-order valence-electron chi connectivity index (χ0n) is 16.8. The number of amides is 2. The largest absolute Gasteiger partial charge is 0.324 e. The van der Waals surface area contributed by atoms with Crippen molar-refractivity contribution in [3.05, 3.63) is 102 Å². The van der Waals surface area contributed by atoms with Gasteiger partial charge in [0.25, 0.3) is 5.91 Å². The first-order valence-corrected chi connectivity index (χ1v) is 9.79. The molecule has 0 spiro atoms. The fourth-order valence-electron chi connectivity index (χ4n) is 3.87. The van der Waals surface area contributed by atoms with Crippen LogP contribution in [0.5, 0.6) is 0 Å². The Morgan fingerprint density at radius 1 is 0.968 bits per heavy atom. The first-order valence-electron chi connectivity index (χ1n) is 9.79. The van der Waals surface area contributed by atoms with Crippen LogP contribution in [0.1, 0.15) is 18.9 Å². The summed E-state index contributed by atoms with van der Waals surface area (Å²) in [4.78, 5) is 27.5. The number of halogens is 2. The minimum atomic E-state index is -1.37. The molecule has 1 saturated heterocycles. The van der Waals surface area contributed by atoms with E-state index in [1.54, 1.807) is 19.1 Å². The van der Waals surface area contributed by atoms with Crippen LogP contribution in [0.3, 0.4) is 0 Å². The van der Waals surface area contributed by atoms with Gasteiger partial charge in [-0.25, -0.2) is 8.78 Å². The lowest BCUT2D eigenvalue weighted by Crippen LogP contribution is -2.70. The van der Waals surface area contributed by atoms with Gasteiger partial charge in [0.1, 0.15) is 11.6 Å². The van der Waals surface area contributed by atoms with Crippen LogP contribution in [-0.4, -0.2) is 17.4 Å². The van der Waals surface area contributed by atoms with Gasteiger partial charge < -0.3 is 5.32 Å². The predicted molar refractivity (Wildman–Crippen MR) is 116 cm³/mol. The first-order chi connectivity index (χ1) is 14.9. The van der Waals surface area contributed by atoms with Gasteiger partial charge in [-0.3, -0.25) is 14.5 Å². The molecule has 31 heavy (non-hydrogen) atoms. The Morgan fingerprint density at radius 2 is 1.65 bits per heavy atom. The average Bonchev–Trinajstić information content (AvgIpc) is 2.72. The summed E-state index contributed by atoms with van der Waals surface area (Å²) in [7, 11) is 0. The van der Waals surface area contributed by atoms with Crippen molar-refractivity contribution in [2.24, 2.45) is 0 Å². The Balaban J connectivity index is 1.79. The SMILES string of the molecule is CC(=Cc1ccccc1)C1(C(=O)Nc2cccc(F)c2)CC(=O)N1c1cccc(F)c1. The number of carbonyl (C=O) groups excluding carboxylic acids is 2. The van der Waals surface area contributed by atoms with E-state index in [2.05, 4.69) is 5.32 Å². The highest BCUT2D eigenvalue weighted by atomic mass is 19.1. The van der Waals surface area contributed by atoms with Crippen molar-refractivity contribution in [3.8, 4) is 0 Å². The van der Waals surface area contributed by atoms with Crippen molar-refractivity contribution in [1.29, 1.82) is 0 Å². The van der Waals surface area contributed by atoms with Gasteiger partial charge in [0, 0.05) is 11.4 Å². The van der Waals surface area contributed by atoms with E-state index in [4.69, 9.17) is 0 Å². The number of hydrogen-bond donors (Lipinski definition) is 1. The highest BCUT2D eigenvalue weighted by Crippen LogP contribution is 2.43. The Labute approximate surface area is 178 Å². The number of benzene rings is 3. The van der Waals surface area contributed by atoms with Gasteiger partial charge in [0.2, 0.25) is 5.91 Å². The van der Waals surface area contributed by atoms with Crippen molar-refractivity contribution in [1.82, 2.24) is 0 Å². The van der Waals surface area contributed by atoms with Crippen molar-refractivity contribution in [3.63, 3.8) is 0 Å². The molecule has 4 rings (SSSR count). The Bertz CT molecular complexity index is 1180. The summed E-state index contributed by atoms with van der Waals surface area (Å²) in [6.07, 6.45) is 1.74. The first kappa shape index (κ1) is 20.5. The molecule has 3 aromatic rings. The molecule has 1 aliphatic heterocycles. The minimum Gasteiger partial charge on any atom is -0.324 e. The molecule has 3 aromatic carbocycles. The van der Waals surface area contributed by atoms with Crippen LogP contribution < -0.4 is 10.2 Å². The number of nitrogens with one attached hydrogen (secondary N) is 1. The van der Waals surface area contributed by atoms with Crippen LogP contribution in [0.4, 0.5) is 20.2 Å². The van der Waals surface area contributed by atoms with Crippen LogP contribution in [0.2, 0.25) is 0 Å². The van der Waals surface area contributed by atoms with E-state index in [0.29, 0.717) is 5.57 Å². The van der Waals surface area contributed by atoms with Gasteiger partial charge in [-0.1, -0.05) is 48.5 Å². The van der Waals surface area contributed by atoms with Crippen LogP contribution in [0, 0.1) is 11.6 Å². The fourth-order valence-corrected chi connectivity index (χ4v) is 3.87. The molecule has 6 heteroatoms. The smallest absolute Gasteiger partial charge is 0.255 e. The average molecular weight is 418 g/mol. The highest BCUT2D eigenvalue weighted by Gasteiger charge is 2.58. The lowest BCUT2D eigenvalue weighted by molar-refractivity contribution is -0.135. The molecule has 0 radical (unpaired) electrons. The third kappa shape index (κ3) is 3.84. The van der Waals surface area contributed by atoms with Crippen LogP contribution in [0.15, 0.2) is 84.4 Å². The van der Waals surface area contributed by atoms with Gasteiger partial charge in [0.05, 0.1) is 6.42 Å². The van der Waals surface area contributed by atoms with E-state index in [1.807, 2.05) is 36.4 Å². The highest BCUT2D eigenvalue weighted by molar-refractivity contribution is 6.19. The van der Waals surface area contributed by atoms with Crippen LogP contribution in [-0.2, 0) is 9.59 Å². The molecule has 1 N–H and O–H groups in total. The number of β-lactam (4-membered cyclic amide) rings is 1. The molecule has 1 unspecified atom stereocenters. The molecule has 156 valence electrons. The minimum absolute atomic E-state index is 0.0835. The molecule has 1 atom stereocenters. The fraction of sp³-hybridized carbons (Fsp3) is 0.120. The topological polar surface area (TPSA) is 49.4 Å². The van der Waals surface area contributed by atoms with Crippen LogP contribution >= 0.6 is 0 Å². The van der Waals surface area contributed by atoms with E-state index >= 15 is 0 Å². The zero-order valence-corrected chi connectivity index (χ0v) is 16.8. The van der Waals surface area contributed by atoms with Crippen molar-refractivity contribution in [2.75, 3.05) is 10.2 Å². The van der Waals surface area contributed by atoms with Gasteiger partial charge in [-0.05, 0) is 54.5 Å². The predicted octanol–water partition coefficient (Wildman–Crippen LogP) is 5.18. The third-order valence-electron chi connectivity index (χ3n) is 5.40. The van der Waals surface area contributed by atoms with Crippen LogP contribution in [0.25, 0.3) is 6.08 Å². The number of nitrogens with zero attached hydrogens (tertiary/aromatic N) is 1. The standard InChI is InChI=1S/C25H20F2N2O2/c1-17(13-18-7-3-2-4-8-18)25(24(31)28-21-11-5-9-19(26)14-21)16-23(30)29(25)22-12-6-10-20(27)15-22/h2-15H,16H2,1H3,(H,28,31). The zero-order chi connectivity index (χ0) is 22.0. The van der Waals surface area contributed by atoms with E-state index in [9.17, 15) is 18.4 Å². The lowest BCUT2D eigenvalue weighted by atomic mass is 9.75.